The molecule has 1 atom stereocenters. The maximum Gasteiger partial charge on any atom is 0.184 e. The number of hydrogen-bond donors (Lipinski definition) is 1. The van der Waals surface area contributed by atoms with E-state index in [1.165, 1.54) is 24.9 Å². The molecule has 1 aromatic heterocycles. The van der Waals surface area contributed by atoms with Crippen LogP contribution in [0.2, 0.25) is 0 Å². The molecule has 3 rings (SSSR count). The lowest BCUT2D eigenvalue weighted by Gasteiger charge is -2.32. The molecule has 104 valence electrons. The Bertz CT molecular complexity index is 559. The topological polar surface area (TPSA) is 29.0 Å². The van der Waals surface area contributed by atoms with Crippen LogP contribution in [0.5, 0.6) is 0 Å². The van der Waals surface area contributed by atoms with Crippen molar-refractivity contribution in [1.82, 2.24) is 14.9 Å². The molecule has 0 spiro atoms. The van der Waals surface area contributed by atoms with Crippen molar-refractivity contribution >= 4 is 12.6 Å². The highest BCUT2D eigenvalue weighted by atomic mass is 32.1. The van der Waals surface area contributed by atoms with Gasteiger partial charge in [0.25, 0.3) is 0 Å². The fourth-order valence-corrected chi connectivity index (χ4v) is 3.05. The number of rotatable bonds is 3. The summed E-state index contributed by atoms with van der Waals surface area (Å²) in [5.74, 6) is 0.501. The van der Waals surface area contributed by atoms with Crippen LogP contribution in [0.1, 0.15) is 30.0 Å². The van der Waals surface area contributed by atoms with E-state index < -0.39 is 0 Å². The summed E-state index contributed by atoms with van der Waals surface area (Å²) in [5.41, 5.74) is 2.51. The summed E-state index contributed by atoms with van der Waals surface area (Å²) in [6, 6.07) is 12.7. The first-order chi connectivity index (χ1) is 9.81. The van der Waals surface area contributed by atoms with Crippen LogP contribution in [0.15, 0.2) is 47.8 Å². The lowest BCUT2D eigenvalue weighted by atomic mass is 9.94. The molecule has 2 heterocycles. The van der Waals surface area contributed by atoms with Gasteiger partial charge in [0.15, 0.2) is 5.16 Å². The molecular weight excluding hydrogens is 266 g/mol. The maximum absolute atomic E-state index is 4.46. The van der Waals surface area contributed by atoms with Gasteiger partial charge in [0.1, 0.15) is 0 Å². The van der Waals surface area contributed by atoms with Crippen LogP contribution in [0.3, 0.4) is 0 Å². The van der Waals surface area contributed by atoms with Gasteiger partial charge in [-0.2, -0.15) is 0 Å². The molecule has 1 fully saturated rings. The lowest BCUT2D eigenvalue weighted by molar-refractivity contribution is 0.198. The van der Waals surface area contributed by atoms with Crippen molar-refractivity contribution in [3.8, 4) is 0 Å². The average molecular weight is 285 g/mol. The van der Waals surface area contributed by atoms with E-state index in [1.54, 1.807) is 6.20 Å². The number of aromatic nitrogens is 2. The first kappa shape index (κ1) is 13.6. The number of hydrogen-bond acceptors (Lipinski definition) is 4. The van der Waals surface area contributed by atoms with E-state index in [4.69, 9.17) is 0 Å². The fourth-order valence-electron chi connectivity index (χ4n) is 2.87. The van der Waals surface area contributed by atoms with Gasteiger partial charge in [-0.3, -0.25) is 4.90 Å². The zero-order valence-corrected chi connectivity index (χ0v) is 12.3. The highest BCUT2D eigenvalue weighted by Crippen LogP contribution is 2.26. The fraction of sp³-hybridized carbons (Fsp3) is 0.375. The van der Waals surface area contributed by atoms with E-state index in [0.717, 1.165) is 18.8 Å². The van der Waals surface area contributed by atoms with Gasteiger partial charge in [0.2, 0.25) is 0 Å². The molecule has 3 nitrogen and oxygen atoms in total. The number of nitrogens with zero attached hydrogens (tertiary/aromatic N) is 3. The summed E-state index contributed by atoms with van der Waals surface area (Å²) in [4.78, 5) is 11.0. The van der Waals surface area contributed by atoms with Crippen LogP contribution < -0.4 is 0 Å². The average Bonchev–Trinajstić information content (AvgIpc) is 2.49. The SMILES string of the molecule is Sc1nccc(C2CCCN(Cc3ccccc3)C2)n1. The van der Waals surface area contributed by atoms with Crippen molar-refractivity contribution in [2.75, 3.05) is 13.1 Å². The Kier molecular flexibility index (Phi) is 4.33. The summed E-state index contributed by atoms with van der Waals surface area (Å²) in [6.07, 6.45) is 4.24. The molecule has 1 aromatic carbocycles. The molecule has 1 aliphatic rings. The van der Waals surface area contributed by atoms with Gasteiger partial charge < -0.3 is 0 Å². The third kappa shape index (κ3) is 3.38. The molecule has 4 heteroatoms. The standard InChI is InChI=1S/C16H19N3S/c20-16-17-9-8-15(18-16)14-7-4-10-19(12-14)11-13-5-2-1-3-6-13/h1-3,5-6,8-9,14H,4,7,10-12H2,(H,17,18,20). The van der Waals surface area contributed by atoms with Gasteiger partial charge in [0, 0.05) is 30.9 Å². The van der Waals surface area contributed by atoms with Crippen molar-refractivity contribution in [3.63, 3.8) is 0 Å². The predicted molar refractivity (Wildman–Crippen MR) is 83.0 cm³/mol. The third-order valence-corrected chi connectivity index (χ3v) is 4.05. The zero-order valence-electron chi connectivity index (χ0n) is 11.4. The van der Waals surface area contributed by atoms with Crippen LogP contribution >= 0.6 is 12.6 Å². The Balaban J connectivity index is 1.67. The second-order valence-electron chi connectivity index (χ2n) is 5.34. The smallest absolute Gasteiger partial charge is 0.184 e. The van der Waals surface area contributed by atoms with Crippen LogP contribution in [0, 0.1) is 0 Å². The summed E-state index contributed by atoms with van der Waals surface area (Å²) in [6.45, 7) is 3.26. The van der Waals surface area contributed by atoms with Gasteiger partial charge in [-0.1, -0.05) is 30.3 Å². The Morgan fingerprint density at radius 1 is 1.20 bits per heavy atom. The molecule has 2 aromatic rings. The van der Waals surface area contributed by atoms with E-state index in [0.29, 0.717) is 11.1 Å². The van der Waals surface area contributed by atoms with E-state index in [-0.39, 0.29) is 0 Å². The lowest BCUT2D eigenvalue weighted by Crippen LogP contribution is -2.34. The largest absolute Gasteiger partial charge is 0.298 e. The second-order valence-corrected chi connectivity index (χ2v) is 5.74. The molecule has 1 unspecified atom stereocenters. The van der Waals surface area contributed by atoms with Crippen molar-refractivity contribution in [2.24, 2.45) is 0 Å². The van der Waals surface area contributed by atoms with E-state index in [2.05, 4.69) is 57.8 Å². The molecular formula is C16H19N3S. The Morgan fingerprint density at radius 2 is 2.05 bits per heavy atom. The van der Waals surface area contributed by atoms with Crippen LogP contribution in [-0.4, -0.2) is 28.0 Å². The van der Waals surface area contributed by atoms with Gasteiger partial charge in [0.05, 0.1) is 0 Å². The van der Waals surface area contributed by atoms with Crippen LogP contribution in [0.25, 0.3) is 0 Å². The first-order valence-corrected chi connectivity index (χ1v) is 7.54. The van der Waals surface area contributed by atoms with Gasteiger partial charge >= 0.3 is 0 Å². The summed E-state index contributed by atoms with van der Waals surface area (Å²) in [7, 11) is 0. The molecule has 0 amide bonds. The third-order valence-electron chi connectivity index (χ3n) is 3.84. The van der Waals surface area contributed by atoms with Crippen LogP contribution in [-0.2, 0) is 6.54 Å². The minimum Gasteiger partial charge on any atom is -0.298 e. The number of likely N-dealkylation sites (tertiary alicyclic amines) is 1. The molecule has 1 saturated heterocycles. The number of thiol groups is 1. The zero-order chi connectivity index (χ0) is 13.8. The highest BCUT2D eigenvalue weighted by molar-refractivity contribution is 7.80. The van der Waals surface area contributed by atoms with Gasteiger partial charge in [-0.15, -0.1) is 12.6 Å². The van der Waals surface area contributed by atoms with Gasteiger partial charge in [-0.05, 0) is 31.0 Å². The molecule has 1 aliphatic heterocycles. The molecule has 0 bridgehead atoms. The van der Waals surface area contributed by atoms with Crippen molar-refractivity contribution in [1.29, 1.82) is 0 Å². The number of benzene rings is 1. The van der Waals surface area contributed by atoms with Crippen molar-refractivity contribution in [3.05, 3.63) is 53.9 Å². The van der Waals surface area contributed by atoms with Crippen LogP contribution in [0.4, 0.5) is 0 Å². The van der Waals surface area contributed by atoms with Gasteiger partial charge in [-0.25, -0.2) is 9.97 Å². The Labute approximate surface area is 125 Å². The Hall–Kier alpha value is -1.39. The van der Waals surface area contributed by atoms with E-state index in [1.807, 2.05) is 6.07 Å². The summed E-state index contributed by atoms with van der Waals surface area (Å²) >= 11 is 4.24. The minimum absolute atomic E-state index is 0.501. The normalized spacial score (nSPS) is 19.9. The minimum atomic E-state index is 0.501. The molecule has 0 aliphatic carbocycles. The summed E-state index contributed by atoms with van der Waals surface area (Å²) in [5, 5.41) is 0.572. The van der Waals surface area contributed by atoms with E-state index >= 15 is 0 Å². The first-order valence-electron chi connectivity index (χ1n) is 7.09. The molecule has 20 heavy (non-hydrogen) atoms. The Morgan fingerprint density at radius 3 is 2.85 bits per heavy atom. The highest BCUT2D eigenvalue weighted by Gasteiger charge is 2.22. The van der Waals surface area contributed by atoms with E-state index in [9.17, 15) is 0 Å². The van der Waals surface area contributed by atoms with Crippen molar-refractivity contribution < 1.29 is 0 Å². The number of piperidine rings is 1. The second kappa shape index (κ2) is 6.37. The van der Waals surface area contributed by atoms with Crippen molar-refractivity contribution in [2.45, 2.75) is 30.5 Å². The maximum atomic E-state index is 4.46. The quantitative estimate of drug-likeness (QED) is 0.694. The molecule has 0 saturated carbocycles. The predicted octanol–water partition coefficient (Wildman–Crippen LogP) is 3.14. The molecule has 0 radical (unpaired) electrons. The monoisotopic (exact) mass is 285 g/mol. The molecule has 0 N–H and O–H groups in total. The summed E-state index contributed by atoms with van der Waals surface area (Å²) < 4.78 is 0.